The number of halogens is 1. The van der Waals surface area contributed by atoms with E-state index in [1.165, 1.54) is 6.07 Å². The predicted octanol–water partition coefficient (Wildman–Crippen LogP) is 2.99. The maximum atomic E-state index is 12.0. The van der Waals surface area contributed by atoms with E-state index in [-0.39, 0.29) is 12.2 Å². The van der Waals surface area contributed by atoms with E-state index in [0.717, 1.165) is 0 Å². The van der Waals surface area contributed by atoms with E-state index in [4.69, 9.17) is 14.2 Å². The van der Waals surface area contributed by atoms with Crippen LogP contribution in [0.15, 0.2) is 16.6 Å². The van der Waals surface area contributed by atoms with Gasteiger partial charge in [-0.1, -0.05) is 0 Å². The number of ketones is 1. The molecule has 0 radical (unpaired) electrons. The van der Waals surface area contributed by atoms with E-state index in [9.17, 15) is 9.59 Å². The van der Waals surface area contributed by atoms with Crippen LogP contribution in [0, 0.1) is 0 Å². The van der Waals surface area contributed by atoms with Crippen LogP contribution in [0.2, 0.25) is 0 Å². The molecule has 0 atom stereocenters. The number of Topliss-reactive ketones (excluding diaryl/α,β-unsaturated/α-hetero) is 1. The number of carbonyl (C=O) groups excluding carboxylic acids is 2. The Morgan fingerprint density at radius 2 is 1.55 bits per heavy atom. The van der Waals surface area contributed by atoms with Crippen LogP contribution < -0.4 is 9.47 Å². The summed E-state index contributed by atoms with van der Waals surface area (Å²) in [7, 11) is 0. The molecular formula is C14H17BrO5. The van der Waals surface area contributed by atoms with Crippen molar-refractivity contribution in [1.82, 2.24) is 0 Å². The Hall–Kier alpha value is -1.56. The Labute approximate surface area is 126 Å². The summed E-state index contributed by atoms with van der Waals surface area (Å²) in [4.78, 5) is 23.5. The van der Waals surface area contributed by atoms with Crippen molar-refractivity contribution in [3.63, 3.8) is 0 Å². The van der Waals surface area contributed by atoms with Gasteiger partial charge >= 0.3 is 5.97 Å². The summed E-state index contributed by atoms with van der Waals surface area (Å²) in [5.74, 6) is -0.672. The van der Waals surface area contributed by atoms with Crippen molar-refractivity contribution in [3.05, 3.63) is 22.2 Å². The lowest BCUT2D eigenvalue weighted by atomic mass is 10.1. The fraction of sp³-hybridized carbons (Fsp3) is 0.429. The second-order valence-electron chi connectivity index (χ2n) is 3.69. The third-order valence-electron chi connectivity index (χ3n) is 2.34. The first-order chi connectivity index (χ1) is 9.54. The van der Waals surface area contributed by atoms with Crippen molar-refractivity contribution in [3.8, 4) is 11.5 Å². The van der Waals surface area contributed by atoms with Crippen LogP contribution >= 0.6 is 15.9 Å². The molecule has 0 aliphatic rings. The summed E-state index contributed by atoms with van der Waals surface area (Å²) in [6, 6.07) is 3.10. The van der Waals surface area contributed by atoms with Gasteiger partial charge in [-0.25, -0.2) is 4.79 Å². The normalized spacial score (nSPS) is 10.0. The molecule has 0 aromatic heterocycles. The van der Waals surface area contributed by atoms with Crippen molar-refractivity contribution >= 4 is 27.7 Å². The van der Waals surface area contributed by atoms with Gasteiger partial charge in [-0.15, -0.1) is 0 Å². The summed E-state index contributed by atoms with van der Waals surface area (Å²) in [5.41, 5.74) is 0.190. The zero-order chi connectivity index (χ0) is 15.1. The Bertz CT molecular complexity index is 499. The molecule has 0 saturated heterocycles. The number of carbonyl (C=O) groups is 2. The van der Waals surface area contributed by atoms with Crippen LogP contribution in [0.5, 0.6) is 11.5 Å². The molecule has 0 spiro atoms. The lowest BCUT2D eigenvalue weighted by molar-refractivity contribution is -0.137. The van der Waals surface area contributed by atoms with Gasteiger partial charge in [-0.3, -0.25) is 4.79 Å². The van der Waals surface area contributed by atoms with Gasteiger partial charge in [0.15, 0.2) is 11.5 Å². The van der Waals surface area contributed by atoms with Gasteiger partial charge in [-0.2, -0.15) is 0 Å². The average molecular weight is 345 g/mol. The topological polar surface area (TPSA) is 61.8 Å². The highest BCUT2D eigenvalue weighted by Crippen LogP contribution is 2.34. The fourth-order valence-corrected chi connectivity index (χ4v) is 2.05. The van der Waals surface area contributed by atoms with E-state index in [1.54, 1.807) is 13.0 Å². The first-order valence-corrected chi connectivity index (χ1v) is 7.14. The first-order valence-electron chi connectivity index (χ1n) is 6.35. The monoisotopic (exact) mass is 344 g/mol. The summed E-state index contributed by atoms with van der Waals surface area (Å²) < 4.78 is 16.0. The molecule has 1 aromatic rings. The molecule has 0 saturated carbocycles. The minimum atomic E-state index is -0.889. The van der Waals surface area contributed by atoms with Crippen LogP contribution in [0.4, 0.5) is 0 Å². The molecule has 1 rings (SSSR count). The van der Waals surface area contributed by atoms with Gasteiger partial charge in [0, 0.05) is 10.0 Å². The van der Waals surface area contributed by atoms with E-state index in [2.05, 4.69) is 15.9 Å². The molecule has 0 amide bonds. The highest BCUT2D eigenvalue weighted by molar-refractivity contribution is 9.10. The lowest BCUT2D eigenvalue weighted by Crippen LogP contribution is -2.18. The molecule has 0 aliphatic heterocycles. The largest absolute Gasteiger partial charge is 0.490 e. The molecule has 1 aromatic carbocycles. The molecular weight excluding hydrogens is 328 g/mol. The Morgan fingerprint density at radius 1 is 1.00 bits per heavy atom. The number of benzene rings is 1. The quantitative estimate of drug-likeness (QED) is 0.432. The SMILES string of the molecule is CCOC(=O)C(=O)c1cc(OCC)c(OCC)cc1Br. The molecule has 0 N–H and O–H groups in total. The molecule has 20 heavy (non-hydrogen) atoms. The fourth-order valence-electron chi connectivity index (χ4n) is 1.55. The summed E-state index contributed by atoms with van der Waals surface area (Å²) in [6.07, 6.45) is 0. The third kappa shape index (κ3) is 3.96. The second kappa shape index (κ2) is 7.89. The van der Waals surface area contributed by atoms with Crippen molar-refractivity contribution < 1.29 is 23.8 Å². The van der Waals surface area contributed by atoms with Gasteiger partial charge in [0.25, 0.3) is 5.78 Å². The molecule has 0 fully saturated rings. The minimum absolute atomic E-state index is 0.150. The summed E-state index contributed by atoms with van der Waals surface area (Å²) in [6.45, 7) is 6.36. The molecule has 110 valence electrons. The van der Waals surface area contributed by atoms with Gasteiger partial charge in [0.2, 0.25) is 0 Å². The molecule has 0 aliphatic carbocycles. The number of ether oxygens (including phenoxy) is 3. The van der Waals surface area contributed by atoms with E-state index >= 15 is 0 Å². The molecule has 5 nitrogen and oxygen atoms in total. The van der Waals surface area contributed by atoms with Crippen LogP contribution in [0.25, 0.3) is 0 Å². The molecule has 6 heteroatoms. The van der Waals surface area contributed by atoms with Crippen molar-refractivity contribution in [2.75, 3.05) is 19.8 Å². The van der Waals surface area contributed by atoms with E-state index < -0.39 is 11.8 Å². The van der Waals surface area contributed by atoms with Crippen LogP contribution in [0.1, 0.15) is 31.1 Å². The van der Waals surface area contributed by atoms with Gasteiger partial charge in [0.1, 0.15) is 0 Å². The number of hydrogen-bond donors (Lipinski definition) is 0. The van der Waals surface area contributed by atoms with Gasteiger partial charge < -0.3 is 14.2 Å². The maximum absolute atomic E-state index is 12.0. The summed E-state index contributed by atoms with van der Waals surface area (Å²) >= 11 is 3.26. The van der Waals surface area contributed by atoms with E-state index in [1.807, 2.05) is 13.8 Å². The zero-order valence-corrected chi connectivity index (χ0v) is 13.3. The number of hydrogen-bond acceptors (Lipinski definition) is 5. The zero-order valence-electron chi connectivity index (χ0n) is 11.7. The number of rotatable bonds is 7. The van der Waals surface area contributed by atoms with Gasteiger partial charge in [-0.05, 0) is 48.8 Å². The third-order valence-corrected chi connectivity index (χ3v) is 2.99. The van der Waals surface area contributed by atoms with E-state index in [0.29, 0.717) is 29.2 Å². The van der Waals surface area contributed by atoms with Gasteiger partial charge in [0.05, 0.1) is 19.8 Å². The number of esters is 1. The Balaban J connectivity index is 3.17. The van der Waals surface area contributed by atoms with Crippen molar-refractivity contribution in [1.29, 1.82) is 0 Å². The van der Waals surface area contributed by atoms with Crippen LogP contribution in [-0.2, 0) is 9.53 Å². The van der Waals surface area contributed by atoms with Crippen molar-refractivity contribution in [2.45, 2.75) is 20.8 Å². The highest BCUT2D eigenvalue weighted by atomic mass is 79.9. The Kier molecular flexibility index (Phi) is 6.51. The summed E-state index contributed by atoms with van der Waals surface area (Å²) in [5, 5.41) is 0. The van der Waals surface area contributed by atoms with Crippen LogP contribution in [0.3, 0.4) is 0 Å². The standard InChI is InChI=1S/C14H17BrO5/c1-4-18-11-7-9(13(16)14(17)20-6-3)10(15)8-12(11)19-5-2/h7-8H,4-6H2,1-3H3. The predicted molar refractivity (Wildman–Crippen MR) is 77.4 cm³/mol. The Morgan fingerprint density at radius 3 is 2.05 bits per heavy atom. The highest BCUT2D eigenvalue weighted by Gasteiger charge is 2.22. The molecule has 0 unspecified atom stereocenters. The molecule has 0 bridgehead atoms. The lowest BCUT2D eigenvalue weighted by Gasteiger charge is -2.13. The van der Waals surface area contributed by atoms with Crippen molar-refractivity contribution in [2.24, 2.45) is 0 Å². The average Bonchev–Trinajstić information content (AvgIpc) is 2.41. The van der Waals surface area contributed by atoms with Crippen LogP contribution in [-0.4, -0.2) is 31.6 Å². The molecule has 0 heterocycles. The second-order valence-corrected chi connectivity index (χ2v) is 4.55. The maximum Gasteiger partial charge on any atom is 0.379 e. The first kappa shape index (κ1) is 16.5. The minimum Gasteiger partial charge on any atom is -0.490 e. The smallest absolute Gasteiger partial charge is 0.379 e.